The number of hydrogen-bond acceptors (Lipinski definition) is 4. The van der Waals surface area contributed by atoms with Crippen molar-refractivity contribution < 1.29 is 14.2 Å². The lowest BCUT2D eigenvalue weighted by Gasteiger charge is -2.29. The molecule has 0 bridgehead atoms. The van der Waals surface area contributed by atoms with Gasteiger partial charge in [-0.05, 0) is 42.8 Å². The molecule has 0 aromatic heterocycles. The lowest BCUT2D eigenvalue weighted by atomic mass is 10.1. The summed E-state index contributed by atoms with van der Waals surface area (Å²) in [5.41, 5.74) is 2.01. The Balaban J connectivity index is 1.73. The first-order valence-corrected chi connectivity index (χ1v) is 9.47. The van der Waals surface area contributed by atoms with Crippen molar-refractivity contribution in [3.05, 3.63) is 58.6 Å². The third-order valence-corrected chi connectivity index (χ3v) is 4.84. The fraction of sp³-hybridized carbons (Fsp3) is 0.350. The number of halogens is 1. The van der Waals surface area contributed by atoms with Gasteiger partial charge in [-0.3, -0.25) is 0 Å². The van der Waals surface area contributed by atoms with E-state index in [-0.39, 0.29) is 0 Å². The SMILES string of the molecule is CCOc1cc(C(=S)N2CCOCC2)ccc1OCc1ccc(Cl)cc1. The first kappa shape index (κ1) is 19.0. The van der Waals surface area contributed by atoms with Gasteiger partial charge < -0.3 is 19.1 Å². The maximum atomic E-state index is 5.95. The minimum absolute atomic E-state index is 0.449. The van der Waals surface area contributed by atoms with Crippen LogP contribution >= 0.6 is 23.8 Å². The van der Waals surface area contributed by atoms with E-state index in [0.29, 0.717) is 42.9 Å². The van der Waals surface area contributed by atoms with E-state index in [1.54, 1.807) is 0 Å². The summed E-state index contributed by atoms with van der Waals surface area (Å²) in [5, 5.41) is 0.713. The number of thiocarbonyl (C=S) groups is 1. The van der Waals surface area contributed by atoms with Crippen molar-refractivity contribution in [3.8, 4) is 11.5 Å². The Labute approximate surface area is 164 Å². The molecule has 0 unspecified atom stereocenters. The minimum atomic E-state index is 0.449. The van der Waals surface area contributed by atoms with Crippen LogP contribution in [-0.4, -0.2) is 42.8 Å². The molecule has 0 amide bonds. The molecule has 1 aliphatic rings. The van der Waals surface area contributed by atoms with Gasteiger partial charge in [0.1, 0.15) is 11.6 Å². The molecule has 4 nitrogen and oxygen atoms in total. The van der Waals surface area contributed by atoms with Gasteiger partial charge in [-0.15, -0.1) is 0 Å². The van der Waals surface area contributed by atoms with Crippen LogP contribution in [-0.2, 0) is 11.3 Å². The lowest BCUT2D eigenvalue weighted by Crippen LogP contribution is -2.40. The first-order chi connectivity index (χ1) is 12.7. The van der Waals surface area contributed by atoms with Crippen LogP contribution in [0.2, 0.25) is 5.02 Å². The molecule has 6 heteroatoms. The van der Waals surface area contributed by atoms with Crippen molar-refractivity contribution in [2.24, 2.45) is 0 Å². The van der Waals surface area contributed by atoms with E-state index in [0.717, 1.165) is 29.2 Å². The summed E-state index contributed by atoms with van der Waals surface area (Å²) in [5.74, 6) is 1.41. The van der Waals surface area contributed by atoms with Crippen molar-refractivity contribution in [1.82, 2.24) is 4.90 Å². The van der Waals surface area contributed by atoms with E-state index in [1.165, 1.54) is 0 Å². The average Bonchev–Trinajstić information content (AvgIpc) is 2.68. The van der Waals surface area contributed by atoms with E-state index >= 15 is 0 Å². The van der Waals surface area contributed by atoms with Crippen LogP contribution in [0.4, 0.5) is 0 Å². The van der Waals surface area contributed by atoms with Gasteiger partial charge in [-0.1, -0.05) is 36.0 Å². The zero-order valence-electron chi connectivity index (χ0n) is 14.7. The Morgan fingerprint density at radius 3 is 2.50 bits per heavy atom. The van der Waals surface area contributed by atoms with Crippen LogP contribution < -0.4 is 9.47 Å². The zero-order valence-corrected chi connectivity index (χ0v) is 16.3. The van der Waals surface area contributed by atoms with Crippen LogP contribution in [0.1, 0.15) is 18.1 Å². The highest BCUT2D eigenvalue weighted by molar-refractivity contribution is 7.80. The summed E-state index contributed by atoms with van der Waals surface area (Å²) in [6, 6.07) is 13.5. The average molecular weight is 392 g/mol. The van der Waals surface area contributed by atoms with Gasteiger partial charge in [0.2, 0.25) is 0 Å². The second-order valence-electron chi connectivity index (χ2n) is 5.91. The van der Waals surface area contributed by atoms with Crippen LogP contribution in [0.5, 0.6) is 11.5 Å². The molecule has 2 aromatic carbocycles. The third kappa shape index (κ3) is 4.87. The molecule has 0 aliphatic carbocycles. The molecular formula is C20H22ClNO3S. The number of nitrogens with zero attached hydrogens (tertiary/aromatic N) is 1. The lowest BCUT2D eigenvalue weighted by molar-refractivity contribution is 0.0693. The van der Waals surface area contributed by atoms with Gasteiger partial charge in [-0.25, -0.2) is 0 Å². The third-order valence-electron chi connectivity index (χ3n) is 4.10. The van der Waals surface area contributed by atoms with Gasteiger partial charge in [0, 0.05) is 23.7 Å². The zero-order chi connectivity index (χ0) is 18.4. The van der Waals surface area contributed by atoms with Gasteiger partial charge in [0.25, 0.3) is 0 Å². The maximum absolute atomic E-state index is 5.95. The number of benzene rings is 2. The topological polar surface area (TPSA) is 30.9 Å². The molecule has 138 valence electrons. The van der Waals surface area contributed by atoms with Gasteiger partial charge in [0.05, 0.1) is 19.8 Å². The fourth-order valence-corrected chi connectivity index (χ4v) is 3.15. The number of hydrogen-bond donors (Lipinski definition) is 0. The van der Waals surface area contributed by atoms with Crippen molar-refractivity contribution >= 4 is 28.8 Å². The monoisotopic (exact) mass is 391 g/mol. The van der Waals surface area contributed by atoms with Crippen molar-refractivity contribution in [2.45, 2.75) is 13.5 Å². The minimum Gasteiger partial charge on any atom is -0.490 e. The van der Waals surface area contributed by atoms with Crippen molar-refractivity contribution in [1.29, 1.82) is 0 Å². The van der Waals surface area contributed by atoms with E-state index in [4.69, 9.17) is 38.0 Å². The molecule has 1 saturated heterocycles. The van der Waals surface area contributed by atoms with E-state index in [1.807, 2.05) is 49.4 Å². The van der Waals surface area contributed by atoms with Crippen LogP contribution in [0.25, 0.3) is 0 Å². The smallest absolute Gasteiger partial charge is 0.161 e. The standard InChI is InChI=1S/C20H22ClNO3S/c1-2-24-19-13-16(20(26)22-9-11-23-12-10-22)5-8-18(19)25-14-15-3-6-17(21)7-4-15/h3-8,13H,2,9-12,14H2,1H3. The molecule has 2 aromatic rings. The van der Waals surface area contributed by atoms with Gasteiger partial charge >= 0.3 is 0 Å². The fourth-order valence-electron chi connectivity index (χ4n) is 2.72. The molecule has 0 spiro atoms. The summed E-state index contributed by atoms with van der Waals surface area (Å²) in [6.45, 7) is 6.02. The Bertz CT molecular complexity index is 745. The molecule has 26 heavy (non-hydrogen) atoms. The molecule has 1 aliphatic heterocycles. The summed E-state index contributed by atoms with van der Waals surface area (Å²) >= 11 is 11.6. The van der Waals surface area contributed by atoms with E-state index < -0.39 is 0 Å². The predicted molar refractivity (Wildman–Crippen MR) is 107 cm³/mol. The Morgan fingerprint density at radius 1 is 1.08 bits per heavy atom. The van der Waals surface area contributed by atoms with Crippen LogP contribution in [0.3, 0.4) is 0 Å². The summed E-state index contributed by atoms with van der Waals surface area (Å²) < 4.78 is 17.1. The number of rotatable bonds is 6. The number of morpholine rings is 1. The second kappa shape index (κ2) is 9.21. The highest BCUT2D eigenvalue weighted by Gasteiger charge is 2.17. The summed E-state index contributed by atoms with van der Waals surface area (Å²) in [6.07, 6.45) is 0. The molecule has 3 rings (SSSR count). The van der Waals surface area contributed by atoms with Gasteiger partial charge in [0.15, 0.2) is 11.5 Å². The van der Waals surface area contributed by atoms with Crippen LogP contribution in [0, 0.1) is 0 Å². The normalized spacial score (nSPS) is 14.2. The second-order valence-corrected chi connectivity index (χ2v) is 6.74. The molecule has 0 saturated carbocycles. The summed E-state index contributed by atoms with van der Waals surface area (Å²) in [4.78, 5) is 2.98. The molecule has 0 N–H and O–H groups in total. The largest absolute Gasteiger partial charge is 0.490 e. The van der Waals surface area contributed by atoms with Gasteiger partial charge in [-0.2, -0.15) is 0 Å². The highest BCUT2D eigenvalue weighted by atomic mass is 35.5. The van der Waals surface area contributed by atoms with Crippen molar-refractivity contribution in [3.63, 3.8) is 0 Å². The molecule has 0 atom stereocenters. The number of ether oxygens (including phenoxy) is 3. The highest BCUT2D eigenvalue weighted by Crippen LogP contribution is 2.30. The molecule has 1 heterocycles. The Kier molecular flexibility index (Phi) is 6.72. The van der Waals surface area contributed by atoms with Crippen molar-refractivity contribution in [2.75, 3.05) is 32.9 Å². The molecule has 1 fully saturated rings. The summed E-state index contributed by atoms with van der Waals surface area (Å²) in [7, 11) is 0. The maximum Gasteiger partial charge on any atom is 0.161 e. The first-order valence-electron chi connectivity index (χ1n) is 8.68. The molecule has 0 radical (unpaired) electrons. The van der Waals surface area contributed by atoms with E-state index in [9.17, 15) is 0 Å². The Hall–Kier alpha value is -1.82. The van der Waals surface area contributed by atoms with Crippen LogP contribution in [0.15, 0.2) is 42.5 Å². The van der Waals surface area contributed by atoms with E-state index in [2.05, 4.69) is 4.90 Å². The Morgan fingerprint density at radius 2 is 1.81 bits per heavy atom. The quantitative estimate of drug-likeness (QED) is 0.684. The predicted octanol–water partition coefficient (Wildman–Crippen LogP) is 4.33. The molecular weight excluding hydrogens is 370 g/mol.